The largest absolute Gasteiger partial charge is 0.472 e. The highest BCUT2D eigenvalue weighted by Crippen LogP contribution is 2.59. The number of amides is 8. The zero-order valence-corrected chi connectivity index (χ0v) is 86.6. The fourth-order valence-electron chi connectivity index (χ4n) is 22.2. The van der Waals surface area contributed by atoms with Gasteiger partial charge >= 0.3 is 18.0 Å². The molecule has 0 unspecified atom stereocenters. The lowest BCUT2D eigenvalue weighted by Gasteiger charge is -2.34. The van der Waals surface area contributed by atoms with E-state index < -0.39 is 169 Å². The van der Waals surface area contributed by atoms with Crippen molar-refractivity contribution in [2.24, 2.45) is 51.8 Å². The normalized spacial score (nSPS) is 28.9. The second-order valence-corrected chi connectivity index (χ2v) is 49.1. The number of carbonyl (C=O) groups excluding carboxylic acids is 12. The van der Waals surface area contributed by atoms with Crippen LogP contribution in [0, 0.1) is 51.8 Å². The Hall–Kier alpha value is -12.1. The van der Waals surface area contributed by atoms with Crippen LogP contribution in [-0.2, 0) is 103 Å². The number of aryl methyl sites for hydroxylation is 1. The Bertz CT molecular complexity index is 6550. The Balaban J connectivity index is 0.000000151. The topological polar surface area (TPSA) is 471 Å². The minimum Gasteiger partial charge on any atom is -0.472 e. The number of esters is 2. The summed E-state index contributed by atoms with van der Waals surface area (Å²) in [5, 5.41) is 9.21. The fourth-order valence-corrected chi connectivity index (χ4v) is 26.3. The number of sulfonamides is 3. The van der Waals surface area contributed by atoms with Gasteiger partial charge in [-0.25, -0.2) is 45.0 Å². The van der Waals surface area contributed by atoms with Crippen molar-refractivity contribution >= 4 is 145 Å². The van der Waals surface area contributed by atoms with E-state index in [-0.39, 0.29) is 144 Å². The van der Waals surface area contributed by atoms with E-state index in [0.29, 0.717) is 108 Å². The van der Waals surface area contributed by atoms with Crippen molar-refractivity contribution in [2.75, 3.05) is 39.5 Å². The molecule has 7 aliphatic carbocycles. The molecule has 7 saturated carbocycles. The number of aromatic nitrogens is 3. The van der Waals surface area contributed by atoms with Crippen LogP contribution in [-0.4, -0.2) is 229 Å². The molecule has 8 amide bonds. The fraction of sp³-hybridized carbons (Fsp3) is 0.569. The number of Topliss-reactive ketones (excluding diaryl/α,β-unsaturated/α-hetero) is 2. The van der Waals surface area contributed by atoms with Gasteiger partial charge in [-0.1, -0.05) is 140 Å². The van der Waals surface area contributed by atoms with Gasteiger partial charge in [0.25, 0.3) is 5.91 Å². The van der Waals surface area contributed by atoms with Gasteiger partial charge in [0.05, 0.1) is 96.9 Å². The lowest BCUT2D eigenvalue weighted by molar-refractivity contribution is -0.153. The molecule has 13 aliphatic rings. The van der Waals surface area contributed by atoms with E-state index in [1.165, 1.54) is 14.7 Å². The van der Waals surface area contributed by atoms with Gasteiger partial charge in [0, 0.05) is 72.8 Å². The van der Waals surface area contributed by atoms with Crippen molar-refractivity contribution in [3.63, 3.8) is 0 Å². The third kappa shape index (κ3) is 24.6. The Morgan fingerprint density at radius 3 is 1.46 bits per heavy atom. The molecule has 3 aromatic heterocycles. The molecule has 3 aromatic carbocycles. The van der Waals surface area contributed by atoms with E-state index in [4.69, 9.17) is 28.4 Å². The lowest BCUT2D eigenvalue weighted by atomic mass is 9.77. The summed E-state index contributed by atoms with van der Waals surface area (Å²) in [5.74, 6) is -7.03. The Morgan fingerprint density at radius 2 is 0.966 bits per heavy atom. The van der Waals surface area contributed by atoms with Gasteiger partial charge in [-0.2, -0.15) is 0 Å². The van der Waals surface area contributed by atoms with Gasteiger partial charge in [0.2, 0.25) is 83.2 Å². The SMILES string of the molecule is C=C[C@@H]1C[C@]1(CC(=O)[C@@H]1C[C@@H]2CN1C(=O)[C@H](C(C)(C)C)CC(=O)OCC/C=C/c1ccc3ccnc(c3c1)O2)C(=O)NS(=O)(=O)C1CC1.C=C[C@@H]1C[C@]1(CC(=O)[C@@H]1C[C@@H]2CN1C(=O)[C@H](CCC)CC(=O)OCCC/C=C/c1ccc3ccnc(c3c1)O2)C(=O)NS(=O)(=O)C1CC1.CC[C@@H]1C[C@]1(NC(=O)[C@@H]1C[C@@H]2CN1C(=O)[C@H](C1CCCCC1)NC(=O)OCCCCCc1ccc3ccnc(c3c1)O2)C(=O)NS(=O)(=O)C1CC1. The Kier molecular flexibility index (Phi) is 32.1. The molecule has 15 atom stereocenters. The lowest BCUT2D eigenvalue weighted by Crippen LogP contribution is -2.59. The first-order chi connectivity index (χ1) is 70.3. The summed E-state index contributed by atoms with van der Waals surface area (Å²) in [4.78, 5) is 183. The van der Waals surface area contributed by atoms with Gasteiger partial charge in [-0.15, -0.1) is 13.2 Å². The number of ketones is 2. The van der Waals surface area contributed by atoms with Crippen molar-refractivity contribution in [1.29, 1.82) is 0 Å². The molecule has 6 aromatic rings. The molecule has 9 heterocycles. The number of allylic oxidation sites excluding steroid dienone is 3. The number of nitrogens with zero attached hydrogens (tertiary/aromatic N) is 6. The summed E-state index contributed by atoms with van der Waals surface area (Å²) in [6.07, 6.45) is 28.1. The quantitative estimate of drug-likeness (QED) is 0.0226. The van der Waals surface area contributed by atoms with Gasteiger partial charge in [0.1, 0.15) is 35.9 Å². The standard InChI is InChI=1S/C37H49N5O8S.2C36H43N3O8S/c1-2-26-21-37(26,35(45)41-51(47,48)28-14-15-28)40-32(43)30-20-27-22-42(30)34(44)31(25-10-6-3-7-11-25)39-36(46)49-18-8-4-5-9-23-12-13-24-16-17-38-33(50-27)29(24)19-23;1-5-24-19-36(24,34(43)38-48(44,45)26-11-12-26)20-30(40)29-17-25-21-39(29)33(42)28(35(2,3)4)18-31(41)46-15-7-6-8-22-9-10-23-13-14-37-32(47-25)27(23)16-22;1-3-8-25-18-32(41)46-16-7-5-6-9-23-10-11-24-14-15-37-33(29(24)17-23)47-27-19-30(39(22-27)34(25)42)31(40)21-36(20-26(36)4-2)35(43)38-48(44,45)28-12-13-28/h12-13,16-17,19,25-28,30-31H,2-11,14-15,18,20-22H2,1H3,(H,39,46)(H,40,43)(H,41,45);5-6,8-10,13-14,16,24-26,28-29H,1,7,11-12,15,17-21H2,2-4H3,(H,38,43);4,6,9-11,14-15,17,25-28,30H,2-3,5,7-8,12-13,16,18-22H2,1H3,(H,38,43)/b;8-6+;9-6+/t26-,27-,30+,31+,37-;24-,25-,28-,29+,36-;25-,26-,27-,30+,36-/m111/s1. The minimum absolute atomic E-state index is 0.0566. The number of hydrogen-bond donors (Lipinski definition) is 5. The number of alkyl carbamates (subject to hydrolysis) is 1. The number of nitrogens with one attached hydrogen (secondary N) is 5. The second kappa shape index (κ2) is 44.4. The summed E-state index contributed by atoms with van der Waals surface area (Å²) < 4.78 is 119. The zero-order chi connectivity index (χ0) is 104. The zero-order valence-electron chi connectivity index (χ0n) is 84.1. The molecule has 147 heavy (non-hydrogen) atoms. The number of fused-ring (bicyclic) bond motifs is 9. The van der Waals surface area contributed by atoms with Crippen molar-refractivity contribution in [3.8, 4) is 17.6 Å². The number of ether oxygens (including phenoxy) is 6. The first kappa shape index (κ1) is 106. The molecular formula is C109H135N11O24S3. The van der Waals surface area contributed by atoms with Crippen LogP contribution in [0.2, 0.25) is 0 Å². The Labute approximate surface area is 857 Å². The maximum atomic E-state index is 14.6. The average Bonchev–Trinajstić information content (AvgIpc) is 1.58. The van der Waals surface area contributed by atoms with E-state index in [0.717, 1.165) is 100 Å². The van der Waals surface area contributed by atoms with E-state index in [1.807, 2.05) is 120 Å². The van der Waals surface area contributed by atoms with E-state index in [9.17, 15) is 82.8 Å². The van der Waals surface area contributed by atoms with Crippen LogP contribution in [0.1, 0.15) is 244 Å². The molecule has 12 bridgehead atoms. The smallest absolute Gasteiger partial charge is 0.407 e. The number of pyridine rings is 3. The number of cyclic esters (lactones) is 3. The monoisotopic (exact) mass is 2080 g/mol. The summed E-state index contributed by atoms with van der Waals surface area (Å²) in [6, 6.07) is 19.9. The highest BCUT2D eigenvalue weighted by molar-refractivity contribution is 7.91. The van der Waals surface area contributed by atoms with Crippen molar-refractivity contribution in [2.45, 2.75) is 297 Å². The maximum absolute atomic E-state index is 14.6. The molecule has 0 radical (unpaired) electrons. The van der Waals surface area contributed by atoms with Gasteiger partial charge in [-0.3, -0.25) is 66.9 Å². The van der Waals surface area contributed by atoms with Crippen LogP contribution in [0.25, 0.3) is 44.5 Å². The third-order valence-corrected chi connectivity index (χ3v) is 37.0. The van der Waals surface area contributed by atoms with Crippen molar-refractivity contribution < 1.29 is 111 Å². The predicted molar refractivity (Wildman–Crippen MR) is 546 cm³/mol. The molecule has 3 saturated heterocycles. The number of hydrogen-bond acceptors (Lipinski definition) is 27. The van der Waals surface area contributed by atoms with E-state index >= 15 is 0 Å². The van der Waals surface area contributed by atoms with E-state index in [1.54, 1.807) is 30.7 Å². The Morgan fingerprint density at radius 1 is 0.503 bits per heavy atom. The third-order valence-electron chi connectivity index (χ3n) is 31.5. The average molecular weight is 2080 g/mol. The first-order valence-corrected chi connectivity index (χ1v) is 56.9. The molecule has 19 rings (SSSR count). The molecule has 788 valence electrons. The minimum atomic E-state index is -3.84. The van der Waals surface area contributed by atoms with Gasteiger partial charge < -0.3 is 53.8 Å². The molecule has 0 spiro atoms. The molecule has 38 heteroatoms. The number of benzene rings is 3. The highest BCUT2D eigenvalue weighted by Gasteiger charge is 2.65. The van der Waals surface area contributed by atoms with Gasteiger partial charge in [-0.05, 0) is 220 Å². The van der Waals surface area contributed by atoms with Crippen LogP contribution in [0.4, 0.5) is 4.79 Å². The summed E-state index contributed by atoms with van der Waals surface area (Å²) >= 11 is 0. The first-order valence-electron chi connectivity index (χ1n) is 52.3. The molecule has 35 nitrogen and oxygen atoms in total. The molecule has 5 N–H and O–H groups in total. The number of rotatable bonds is 23. The van der Waals surface area contributed by atoms with Gasteiger partial charge in [0.15, 0.2) is 11.6 Å². The van der Waals surface area contributed by atoms with Crippen molar-refractivity contribution in [3.05, 3.63) is 146 Å². The summed E-state index contributed by atoms with van der Waals surface area (Å²) in [5.41, 5.74) is -1.59. The number of carbonyl (C=O) groups is 12. The molecular weight excluding hydrogens is 1940 g/mol. The molecule has 10 fully saturated rings. The summed E-state index contributed by atoms with van der Waals surface area (Å²) in [7, 11) is -11.5. The van der Waals surface area contributed by atoms with Crippen LogP contribution in [0.3, 0.4) is 0 Å². The second-order valence-electron chi connectivity index (χ2n) is 43.3. The highest BCUT2D eigenvalue weighted by atomic mass is 32.2. The predicted octanol–water partition coefficient (Wildman–Crippen LogP) is 12.7. The van der Waals surface area contributed by atoms with Crippen LogP contribution in [0.15, 0.2) is 129 Å². The van der Waals surface area contributed by atoms with Crippen LogP contribution >= 0.6 is 0 Å². The molecule has 6 aliphatic heterocycles. The summed E-state index contributed by atoms with van der Waals surface area (Å²) in [6.45, 7) is 17.8. The van der Waals surface area contributed by atoms with E-state index in [2.05, 4.69) is 65.0 Å². The van der Waals surface area contributed by atoms with Crippen LogP contribution in [0.5, 0.6) is 17.6 Å². The van der Waals surface area contributed by atoms with Crippen LogP contribution < -0.4 is 39.0 Å². The maximum Gasteiger partial charge on any atom is 0.407 e. The van der Waals surface area contributed by atoms with Crippen molar-refractivity contribution in [1.82, 2.24) is 54.5 Å².